The summed E-state index contributed by atoms with van der Waals surface area (Å²) in [6, 6.07) is 6.99. The largest absolute Gasteiger partial charge is 0.390 e. The average Bonchev–Trinajstić information content (AvgIpc) is 3.33. The minimum Gasteiger partial charge on any atom is -0.390 e. The maximum Gasteiger partial charge on any atom is 0.208 e. The van der Waals surface area contributed by atoms with Crippen LogP contribution < -0.4 is 5.32 Å². The predicted molar refractivity (Wildman–Crippen MR) is 129 cm³/mol. The van der Waals surface area contributed by atoms with E-state index in [1.807, 2.05) is 31.2 Å². The Labute approximate surface area is 206 Å². The Kier molecular flexibility index (Phi) is 6.41. The molecule has 2 N–H and O–H groups in total. The smallest absolute Gasteiger partial charge is 0.208 e. The standard InChI is InChI=1S/C25H24ClFN3O3S/c1-12-7-19(21(27)22(12)31)30-25-18(10-28-11-29-25)23(32)20-9-16(13(2)34-20)24-17-8-15(26)4-3-14(17)5-6-33-24/h3-4,8-12,19,21-22,24,31H,1,5-7H2,2H3,(H,28,29,30)/t12-,19-,21-,22-,24+/m1/s1. The van der Waals surface area contributed by atoms with Gasteiger partial charge in [-0.15, -0.1) is 11.3 Å². The quantitative estimate of drug-likeness (QED) is 0.493. The van der Waals surface area contributed by atoms with Crippen LogP contribution >= 0.6 is 22.9 Å². The van der Waals surface area contributed by atoms with Crippen molar-refractivity contribution >= 4 is 34.5 Å². The van der Waals surface area contributed by atoms with Gasteiger partial charge < -0.3 is 15.2 Å². The topological polar surface area (TPSA) is 84.3 Å². The van der Waals surface area contributed by atoms with E-state index < -0.39 is 24.2 Å². The van der Waals surface area contributed by atoms with Crippen LogP contribution in [0.5, 0.6) is 0 Å². The highest BCUT2D eigenvalue weighted by Crippen LogP contribution is 2.39. The number of halogens is 2. The first-order valence-electron chi connectivity index (χ1n) is 11.1. The molecule has 1 aromatic carbocycles. The summed E-state index contributed by atoms with van der Waals surface area (Å²) in [5, 5.41) is 13.6. The summed E-state index contributed by atoms with van der Waals surface area (Å²) in [4.78, 5) is 23.2. The summed E-state index contributed by atoms with van der Waals surface area (Å²) in [5.74, 6) is -0.444. The van der Waals surface area contributed by atoms with Gasteiger partial charge in [-0.05, 0) is 67.5 Å². The van der Waals surface area contributed by atoms with Crippen molar-refractivity contribution in [2.24, 2.45) is 5.92 Å². The zero-order valence-electron chi connectivity index (χ0n) is 18.5. The molecule has 2 aromatic heterocycles. The van der Waals surface area contributed by atoms with Crippen LogP contribution in [0.4, 0.5) is 10.2 Å². The lowest BCUT2D eigenvalue weighted by Gasteiger charge is -2.26. The number of carbonyl (C=O) groups is 1. The fraction of sp³-hybridized carbons (Fsp3) is 0.360. The lowest BCUT2D eigenvalue weighted by Crippen LogP contribution is -2.32. The van der Waals surface area contributed by atoms with Gasteiger partial charge in [-0.1, -0.05) is 17.7 Å². The van der Waals surface area contributed by atoms with Crippen LogP contribution in [0.15, 0.2) is 36.8 Å². The highest BCUT2D eigenvalue weighted by atomic mass is 35.5. The number of hydrogen-bond acceptors (Lipinski definition) is 7. The van der Waals surface area contributed by atoms with E-state index in [1.165, 1.54) is 29.4 Å². The van der Waals surface area contributed by atoms with E-state index in [0.717, 1.165) is 22.4 Å². The Morgan fingerprint density at radius 3 is 2.94 bits per heavy atom. The van der Waals surface area contributed by atoms with Crippen molar-refractivity contribution in [1.29, 1.82) is 0 Å². The van der Waals surface area contributed by atoms with Crippen LogP contribution in [0.25, 0.3) is 0 Å². The number of anilines is 1. The van der Waals surface area contributed by atoms with Gasteiger partial charge >= 0.3 is 0 Å². The Bertz CT molecular complexity index is 1240. The third-order valence-corrected chi connectivity index (χ3v) is 7.84. The monoisotopic (exact) mass is 500 g/mol. The highest BCUT2D eigenvalue weighted by molar-refractivity contribution is 7.14. The first kappa shape index (κ1) is 23.4. The third kappa shape index (κ3) is 4.24. The second-order valence-corrected chi connectivity index (χ2v) is 10.5. The molecule has 9 heteroatoms. The van der Waals surface area contributed by atoms with E-state index in [2.05, 4.69) is 22.2 Å². The van der Waals surface area contributed by atoms with Gasteiger partial charge in [0.2, 0.25) is 5.78 Å². The second-order valence-electron chi connectivity index (χ2n) is 8.76. The van der Waals surface area contributed by atoms with Gasteiger partial charge in [0.1, 0.15) is 24.4 Å². The molecule has 1 fully saturated rings. The van der Waals surface area contributed by atoms with E-state index in [1.54, 1.807) is 0 Å². The van der Waals surface area contributed by atoms with Crippen molar-refractivity contribution in [2.75, 3.05) is 11.9 Å². The van der Waals surface area contributed by atoms with Gasteiger partial charge in [0.25, 0.3) is 0 Å². The lowest BCUT2D eigenvalue weighted by molar-refractivity contribution is 0.0697. The molecule has 177 valence electrons. The molecular formula is C25H24ClFN3O3S. The van der Waals surface area contributed by atoms with E-state index in [-0.39, 0.29) is 23.3 Å². The summed E-state index contributed by atoms with van der Waals surface area (Å²) < 4.78 is 20.6. The minimum absolute atomic E-state index is 0.243. The molecule has 0 bridgehead atoms. The molecule has 0 unspecified atom stereocenters. The number of hydrogen-bond donors (Lipinski definition) is 2. The second kappa shape index (κ2) is 9.34. The number of nitrogens with zero attached hydrogens (tertiary/aromatic N) is 2. The van der Waals surface area contributed by atoms with Gasteiger partial charge in [-0.25, -0.2) is 14.4 Å². The first-order chi connectivity index (χ1) is 16.3. The number of carbonyl (C=O) groups excluding carboxylic acids is 1. The maximum absolute atomic E-state index is 14.5. The molecule has 1 aliphatic carbocycles. The Morgan fingerprint density at radius 2 is 2.18 bits per heavy atom. The predicted octanol–water partition coefficient (Wildman–Crippen LogP) is 4.73. The molecule has 3 aromatic rings. The summed E-state index contributed by atoms with van der Waals surface area (Å²) in [7, 11) is 0. The summed E-state index contributed by atoms with van der Waals surface area (Å²) >= 11 is 7.62. The van der Waals surface area contributed by atoms with Gasteiger partial charge in [-0.2, -0.15) is 0 Å². The van der Waals surface area contributed by atoms with Gasteiger partial charge in [0.05, 0.1) is 29.2 Å². The SMILES string of the molecule is [CH2][C@@H]1C[C@@H](Nc2ncncc2C(=O)c2cc([C@@H]3OCCc4ccc(Cl)cc43)c(C)s2)[C@@H](F)[C@@H]1O. The van der Waals surface area contributed by atoms with Crippen molar-refractivity contribution < 1.29 is 19.0 Å². The number of aryl methyl sites for hydroxylation is 1. The lowest BCUT2D eigenvalue weighted by atomic mass is 9.93. The third-order valence-electron chi connectivity index (χ3n) is 6.54. The zero-order chi connectivity index (χ0) is 24.0. The zero-order valence-corrected chi connectivity index (χ0v) is 20.1. The molecule has 2 aliphatic rings. The maximum atomic E-state index is 14.5. The Morgan fingerprint density at radius 1 is 1.35 bits per heavy atom. The fourth-order valence-corrected chi connectivity index (χ4v) is 5.87. The highest BCUT2D eigenvalue weighted by Gasteiger charge is 2.41. The molecule has 0 spiro atoms. The Hall–Kier alpha value is -2.39. The number of ketones is 1. The molecular weight excluding hydrogens is 477 g/mol. The average molecular weight is 501 g/mol. The van der Waals surface area contributed by atoms with Crippen LogP contribution in [0, 0.1) is 19.8 Å². The summed E-state index contributed by atoms with van der Waals surface area (Å²) in [6.07, 6.45) is 0.946. The number of rotatable bonds is 5. The van der Waals surface area contributed by atoms with E-state index in [4.69, 9.17) is 16.3 Å². The van der Waals surface area contributed by atoms with Crippen molar-refractivity contribution in [3.05, 3.63) is 80.7 Å². The molecule has 5 rings (SSSR count). The number of nitrogens with one attached hydrogen (secondary N) is 1. The van der Waals surface area contributed by atoms with Crippen molar-refractivity contribution in [3.8, 4) is 0 Å². The van der Waals surface area contributed by atoms with E-state index >= 15 is 0 Å². The van der Waals surface area contributed by atoms with Crippen LogP contribution in [-0.2, 0) is 11.2 Å². The van der Waals surface area contributed by atoms with E-state index in [9.17, 15) is 14.3 Å². The van der Waals surface area contributed by atoms with Crippen LogP contribution in [0.1, 0.15) is 49.3 Å². The number of thiophene rings is 1. The number of aromatic nitrogens is 2. The number of benzene rings is 1. The molecule has 5 atom stereocenters. The van der Waals surface area contributed by atoms with Crippen LogP contribution in [-0.4, -0.2) is 45.8 Å². The number of aliphatic hydroxyl groups excluding tert-OH is 1. The fourth-order valence-electron chi connectivity index (χ4n) is 4.69. The first-order valence-corrected chi connectivity index (χ1v) is 12.3. The normalized spacial score (nSPS) is 26.3. The molecule has 0 saturated heterocycles. The molecule has 1 radical (unpaired) electrons. The molecule has 0 amide bonds. The number of fused-ring (bicyclic) bond motifs is 1. The number of ether oxygens (including phenoxy) is 1. The molecule has 6 nitrogen and oxygen atoms in total. The van der Waals surface area contributed by atoms with Crippen molar-refractivity contribution in [3.63, 3.8) is 0 Å². The molecule has 3 heterocycles. The number of aliphatic hydroxyl groups is 1. The Balaban J connectivity index is 1.44. The van der Waals surface area contributed by atoms with Gasteiger partial charge in [0.15, 0.2) is 0 Å². The molecule has 1 saturated carbocycles. The van der Waals surface area contributed by atoms with Crippen LogP contribution in [0.2, 0.25) is 5.02 Å². The van der Waals surface area contributed by atoms with Crippen molar-refractivity contribution in [1.82, 2.24) is 9.97 Å². The van der Waals surface area contributed by atoms with Gasteiger partial charge in [0, 0.05) is 16.1 Å². The number of alkyl halides is 1. The van der Waals surface area contributed by atoms with Crippen molar-refractivity contribution in [2.45, 2.75) is 44.2 Å². The van der Waals surface area contributed by atoms with E-state index in [0.29, 0.717) is 22.9 Å². The summed E-state index contributed by atoms with van der Waals surface area (Å²) in [6.45, 7) is 6.34. The minimum atomic E-state index is -1.49. The summed E-state index contributed by atoms with van der Waals surface area (Å²) in [5.41, 5.74) is 3.37. The molecule has 1 aliphatic heterocycles. The van der Waals surface area contributed by atoms with Crippen LogP contribution in [0.3, 0.4) is 0 Å². The molecule has 34 heavy (non-hydrogen) atoms. The van der Waals surface area contributed by atoms with Gasteiger partial charge in [-0.3, -0.25) is 4.79 Å².